The van der Waals surface area contributed by atoms with Gasteiger partial charge in [0.15, 0.2) is 0 Å². The molecule has 3 nitrogen and oxygen atoms in total. The van der Waals surface area contributed by atoms with Gasteiger partial charge in [-0.1, -0.05) is 26.0 Å². The third-order valence-electron chi connectivity index (χ3n) is 2.84. The van der Waals surface area contributed by atoms with E-state index in [1.165, 1.54) is 0 Å². The minimum Gasteiger partial charge on any atom is -0.437 e. The van der Waals surface area contributed by atoms with E-state index in [0.29, 0.717) is 17.7 Å². The number of benzene rings is 1. The first-order chi connectivity index (χ1) is 9.10. The lowest BCUT2D eigenvalue weighted by atomic mass is 10.0. The number of hydrogen-bond acceptors (Lipinski definition) is 3. The van der Waals surface area contributed by atoms with Crippen molar-refractivity contribution in [2.24, 2.45) is 0 Å². The molecule has 0 N–H and O–H groups in total. The molecule has 1 aromatic heterocycles. The lowest BCUT2D eigenvalue weighted by Crippen LogP contribution is -1.98. The zero-order valence-corrected chi connectivity index (χ0v) is 12.1. The summed E-state index contributed by atoms with van der Waals surface area (Å²) in [6.07, 6.45) is 0. The highest BCUT2D eigenvalue weighted by atomic mass is 35.5. The lowest BCUT2D eigenvalue weighted by Gasteiger charge is -2.13. The molecule has 0 saturated heterocycles. The summed E-state index contributed by atoms with van der Waals surface area (Å²) in [5.74, 6) is 2.07. The SMILES string of the molecule is Cc1ccc(C(C)C)c(Oc2ccc(CCl)nn2)c1. The van der Waals surface area contributed by atoms with Gasteiger partial charge in [-0.3, -0.25) is 0 Å². The molecular formula is C15H17ClN2O. The number of aromatic nitrogens is 2. The molecule has 0 aliphatic carbocycles. The van der Waals surface area contributed by atoms with E-state index >= 15 is 0 Å². The van der Waals surface area contributed by atoms with Gasteiger partial charge < -0.3 is 4.74 Å². The van der Waals surface area contributed by atoms with E-state index in [4.69, 9.17) is 16.3 Å². The van der Waals surface area contributed by atoms with E-state index in [1.54, 1.807) is 6.07 Å². The van der Waals surface area contributed by atoms with Crippen molar-refractivity contribution < 1.29 is 4.74 Å². The molecule has 1 aromatic carbocycles. The Labute approximate surface area is 118 Å². The summed E-state index contributed by atoms with van der Waals surface area (Å²) in [5.41, 5.74) is 3.06. The second-order valence-electron chi connectivity index (χ2n) is 4.79. The van der Waals surface area contributed by atoms with Gasteiger partial charge in [0.1, 0.15) is 5.75 Å². The highest BCUT2D eigenvalue weighted by molar-refractivity contribution is 6.16. The number of alkyl halides is 1. The maximum Gasteiger partial charge on any atom is 0.238 e. The third-order valence-corrected chi connectivity index (χ3v) is 3.11. The number of hydrogen-bond donors (Lipinski definition) is 0. The lowest BCUT2D eigenvalue weighted by molar-refractivity contribution is 0.446. The summed E-state index contributed by atoms with van der Waals surface area (Å²) in [7, 11) is 0. The highest BCUT2D eigenvalue weighted by Crippen LogP contribution is 2.30. The molecule has 2 rings (SSSR count). The van der Waals surface area contributed by atoms with Crippen LogP contribution < -0.4 is 4.74 Å². The fourth-order valence-corrected chi connectivity index (χ4v) is 1.94. The van der Waals surface area contributed by atoms with Crippen LogP contribution >= 0.6 is 11.6 Å². The van der Waals surface area contributed by atoms with Crippen molar-refractivity contribution in [3.63, 3.8) is 0 Å². The van der Waals surface area contributed by atoms with Gasteiger partial charge in [-0.2, -0.15) is 5.10 Å². The molecule has 1 heterocycles. The second kappa shape index (κ2) is 6.02. The third kappa shape index (κ3) is 3.44. The van der Waals surface area contributed by atoms with Crippen LogP contribution in [0.25, 0.3) is 0 Å². The van der Waals surface area contributed by atoms with Crippen LogP contribution in [0.4, 0.5) is 0 Å². The van der Waals surface area contributed by atoms with E-state index in [1.807, 2.05) is 19.1 Å². The molecule has 0 saturated carbocycles. The molecule has 0 unspecified atom stereocenters. The molecular weight excluding hydrogens is 260 g/mol. The average Bonchev–Trinajstić information content (AvgIpc) is 2.39. The molecule has 0 aliphatic heterocycles. The molecule has 0 radical (unpaired) electrons. The topological polar surface area (TPSA) is 35.0 Å². The smallest absolute Gasteiger partial charge is 0.238 e. The Balaban J connectivity index is 2.28. The fourth-order valence-electron chi connectivity index (χ4n) is 1.79. The molecule has 0 fully saturated rings. The summed E-state index contributed by atoms with van der Waals surface area (Å²) in [6.45, 7) is 6.32. The maximum atomic E-state index is 5.83. The molecule has 100 valence electrons. The van der Waals surface area contributed by atoms with E-state index in [0.717, 1.165) is 22.6 Å². The number of aryl methyl sites for hydroxylation is 1. The average molecular weight is 277 g/mol. The minimum absolute atomic E-state index is 0.356. The Morgan fingerprint density at radius 3 is 2.53 bits per heavy atom. The van der Waals surface area contributed by atoms with Gasteiger partial charge in [0.2, 0.25) is 5.88 Å². The quantitative estimate of drug-likeness (QED) is 0.775. The first kappa shape index (κ1) is 13.8. The van der Waals surface area contributed by atoms with E-state index in [-0.39, 0.29) is 0 Å². The van der Waals surface area contributed by atoms with E-state index < -0.39 is 0 Å². The molecule has 4 heteroatoms. The van der Waals surface area contributed by atoms with Gasteiger partial charge in [0, 0.05) is 6.07 Å². The van der Waals surface area contributed by atoms with Gasteiger partial charge in [-0.05, 0) is 36.1 Å². The van der Waals surface area contributed by atoms with Gasteiger partial charge in [-0.15, -0.1) is 16.7 Å². The number of ether oxygens (including phenoxy) is 1. The van der Waals surface area contributed by atoms with Crippen molar-refractivity contribution in [2.75, 3.05) is 0 Å². The van der Waals surface area contributed by atoms with Crippen LogP contribution in [0.5, 0.6) is 11.6 Å². The number of nitrogens with zero attached hydrogens (tertiary/aromatic N) is 2. The van der Waals surface area contributed by atoms with Crippen molar-refractivity contribution in [2.45, 2.75) is 32.6 Å². The summed E-state index contributed by atoms with van der Waals surface area (Å²) in [5, 5.41) is 8.00. The Morgan fingerprint density at radius 2 is 1.95 bits per heavy atom. The monoisotopic (exact) mass is 276 g/mol. The van der Waals surface area contributed by atoms with Gasteiger partial charge in [-0.25, -0.2) is 0 Å². The largest absolute Gasteiger partial charge is 0.437 e. The zero-order chi connectivity index (χ0) is 13.8. The summed E-state index contributed by atoms with van der Waals surface area (Å²) in [6, 6.07) is 9.81. The Bertz CT molecular complexity index is 553. The zero-order valence-electron chi connectivity index (χ0n) is 11.4. The van der Waals surface area contributed by atoms with Crippen molar-refractivity contribution in [1.82, 2.24) is 10.2 Å². The van der Waals surface area contributed by atoms with Crippen molar-refractivity contribution in [3.8, 4) is 11.6 Å². The Hall–Kier alpha value is -1.61. The second-order valence-corrected chi connectivity index (χ2v) is 5.06. The normalized spacial score (nSPS) is 10.8. The van der Waals surface area contributed by atoms with Crippen LogP contribution in [0.15, 0.2) is 30.3 Å². The number of rotatable bonds is 4. The molecule has 0 bridgehead atoms. The van der Waals surface area contributed by atoms with Crippen molar-refractivity contribution in [1.29, 1.82) is 0 Å². The molecule has 19 heavy (non-hydrogen) atoms. The van der Waals surface area contributed by atoms with Crippen LogP contribution in [-0.4, -0.2) is 10.2 Å². The molecule has 2 aromatic rings. The van der Waals surface area contributed by atoms with Crippen LogP contribution in [0.1, 0.15) is 36.6 Å². The van der Waals surface area contributed by atoms with Crippen LogP contribution in [-0.2, 0) is 5.88 Å². The number of halogens is 1. The minimum atomic E-state index is 0.356. The Kier molecular flexibility index (Phi) is 4.38. The van der Waals surface area contributed by atoms with Crippen molar-refractivity contribution in [3.05, 3.63) is 47.2 Å². The first-order valence-electron chi connectivity index (χ1n) is 6.27. The van der Waals surface area contributed by atoms with E-state index in [9.17, 15) is 0 Å². The summed E-state index contributed by atoms with van der Waals surface area (Å²) >= 11 is 5.68. The molecule has 0 amide bonds. The maximum absolute atomic E-state index is 5.83. The van der Waals surface area contributed by atoms with Gasteiger partial charge >= 0.3 is 0 Å². The van der Waals surface area contributed by atoms with E-state index in [2.05, 4.69) is 36.2 Å². The summed E-state index contributed by atoms with van der Waals surface area (Å²) in [4.78, 5) is 0. The van der Waals surface area contributed by atoms with Crippen molar-refractivity contribution >= 4 is 11.6 Å². The van der Waals surface area contributed by atoms with Gasteiger partial charge in [0.25, 0.3) is 0 Å². The highest BCUT2D eigenvalue weighted by Gasteiger charge is 2.10. The van der Waals surface area contributed by atoms with Crippen LogP contribution in [0, 0.1) is 6.92 Å². The van der Waals surface area contributed by atoms with Crippen LogP contribution in [0.3, 0.4) is 0 Å². The predicted molar refractivity (Wildman–Crippen MR) is 76.9 cm³/mol. The molecule has 0 atom stereocenters. The first-order valence-corrected chi connectivity index (χ1v) is 6.80. The molecule has 0 spiro atoms. The predicted octanol–water partition coefficient (Wildman–Crippen LogP) is 4.44. The Morgan fingerprint density at radius 1 is 1.16 bits per heavy atom. The van der Waals surface area contributed by atoms with Crippen LogP contribution in [0.2, 0.25) is 0 Å². The molecule has 0 aliphatic rings. The fraction of sp³-hybridized carbons (Fsp3) is 0.333. The van der Waals surface area contributed by atoms with Gasteiger partial charge in [0.05, 0.1) is 11.6 Å². The summed E-state index contributed by atoms with van der Waals surface area (Å²) < 4.78 is 5.83. The standard InChI is InChI=1S/C15H17ClN2O/c1-10(2)13-6-4-11(3)8-14(13)19-15-7-5-12(9-16)17-18-15/h4-8,10H,9H2,1-3H3.